The summed E-state index contributed by atoms with van der Waals surface area (Å²) >= 11 is 6.28. The van der Waals surface area contributed by atoms with Crippen molar-refractivity contribution in [3.05, 3.63) is 59.7 Å². The van der Waals surface area contributed by atoms with E-state index in [0.717, 1.165) is 0 Å². The monoisotopic (exact) mass is 385 g/mol. The zero-order valence-electron chi connectivity index (χ0n) is 14.1. The number of nitrogens with zero attached hydrogens (tertiary/aromatic N) is 3. The molecule has 0 bridgehead atoms. The predicted molar refractivity (Wildman–Crippen MR) is 97.5 cm³/mol. The molecule has 1 heterocycles. The molecule has 0 fully saturated rings. The van der Waals surface area contributed by atoms with Gasteiger partial charge in [-0.3, -0.25) is 0 Å². The zero-order valence-corrected chi connectivity index (χ0v) is 14.9. The Morgan fingerprint density at radius 3 is 2.74 bits per heavy atom. The van der Waals surface area contributed by atoms with Gasteiger partial charge in [0.2, 0.25) is 5.82 Å². The SMILES string of the molecule is COc1cc(/C=C(\Cl)c2nc(-c3ccc(F)cc3)no2)ccc1OCC#N. The van der Waals surface area contributed by atoms with Crippen molar-refractivity contribution in [3.63, 3.8) is 0 Å². The summed E-state index contributed by atoms with van der Waals surface area (Å²) in [5.41, 5.74) is 1.32. The second-order valence-electron chi connectivity index (χ2n) is 5.28. The molecule has 0 aliphatic rings. The Morgan fingerprint density at radius 2 is 2.04 bits per heavy atom. The average Bonchev–Trinajstić information content (AvgIpc) is 3.17. The summed E-state index contributed by atoms with van der Waals surface area (Å²) in [5, 5.41) is 12.7. The summed E-state index contributed by atoms with van der Waals surface area (Å²) < 4.78 is 28.7. The van der Waals surface area contributed by atoms with Crippen LogP contribution in [0.1, 0.15) is 11.5 Å². The van der Waals surface area contributed by atoms with Crippen LogP contribution in [-0.2, 0) is 0 Å². The first-order valence-corrected chi connectivity index (χ1v) is 8.13. The minimum Gasteiger partial charge on any atom is -0.493 e. The molecule has 0 N–H and O–H groups in total. The Kier molecular flexibility index (Phi) is 5.69. The average molecular weight is 386 g/mol. The van der Waals surface area contributed by atoms with Crippen molar-refractivity contribution in [3.8, 4) is 29.0 Å². The molecule has 1 aromatic heterocycles. The summed E-state index contributed by atoms with van der Waals surface area (Å²) in [5.74, 6) is 0.982. The van der Waals surface area contributed by atoms with Crippen molar-refractivity contribution >= 4 is 22.7 Å². The number of nitriles is 1. The van der Waals surface area contributed by atoms with Crippen molar-refractivity contribution in [2.45, 2.75) is 0 Å². The van der Waals surface area contributed by atoms with Gasteiger partial charge in [-0.2, -0.15) is 10.2 Å². The number of hydrogen-bond donors (Lipinski definition) is 0. The first-order valence-electron chi connectivity index (χ1n) is 7.75. The standard InChI is InChI=1S/C19H13ClFN3O3/c1-25-17-11-12(2-7-16(17)26-9-8-22)10-15(20)19-23-18(24-27-19)13-3-5-14(21)6-4-13/h2-7,10-11H,9H2,1H3/b15-10-. The largest absolute Gasteiger partial charge is 0.493 e. The Labute approximate surface area is 159 Å². The van der Waals surface area contributed by atoms with Gasteiger partial charge in [-0.15, -0.1) is 0 Å². The van der Waals surface area contributed by atoms with Crippen LogP contribution in [0.4, 0.5) is 4.39 Å². The van der Waals surface area contributed by atoms with Crippen LogP contribution in [-0.4, -0.2) is 23.9 Å². The molecular formula is C19H13ClFN3O3. The number of hydrogen-bond acceptors (Lipinski definition) is 6. The van der Waals surface area contributed by atoms with E-state index in [0.29, 0.717) is 28.5 Å². The lowest BCUT2D eigenvalue weighted by Gasteiger charge is -2.08. The Balaban J connectivity index is 1.83. The number of benzene rings is 2. The van der Waals surface area contributed by atoms with Crippen molar-refractivity contribution < 1.29 is 18.4 Å². The van der Waals surface area contributed by atoms with E-state index < -0.39 is 0 Å². The smallest absolute Gasteiger partial charge is 0.269 e. The summed E-state index contributed by atoms with van der Waals surface area (Å²) in [6.07, 6.45) is 1.63. The van der Waals surface area contributed by atoms with Crippen molar-refractivity contribution in [1.82, 2.24) is 10.1 Å². The molecule has 0 aliphatic heterocycles. The Morgan fingerprint density at radius 1 is 1.26 bits per heavy atom. The van der Waals surface area contributed by atoms with E-state index in [1.54, 1.807) is 36.4 Å². The van der Waals surface area contributed by atoms with E-state index in [-0.39, 0.29) is 23.3 Å². The molecule has 0 amide bonds. The number of aromatic nitrogens is 2. The first kappa shape index (κ1) is 18.4. The van der Waals surface area contributed by atoms with E-state index in [1.165, 1.54) is 19.2 Å². The van der Waals surface area contributed by atoms with Gasteiger partial charge in [-0.1, -0.05) is 22.8 Å². The molecule has 0 unspecified atom stereocenters. The quantitative estimate of drug-likeness (QED) is 0.620. The third-order valence-corrected chi connectivity index (χ3v) is 3.78. The highest BCUT2D eigenvalue weighted by molar-refractivity contribution is 6.50. The van der Waals surface area contributed by atoms with Crippen LogP contribution in [0.25, 0.3) is 22.5 Å². The van der Waals surface area contributed by atoms with E-state index in [1.807, 2.05) is 6.07 Å². The molecule has 2 aromatic carbocycles. The van der Waals surface area contributed by atoms with Gasteiger partial charge in [0, 0.05) is 5.56 Å². The van der Waals surface area contributed by atoms with Crippen LogP contribution in [0.15, 0.2) is 47.0 Å². The fourth-order valence-electron chi connectivity index (χ4n) is 2.25. The molecule has 6 nitrogen and oxygen atoms in total. The van der Waals surface area contributed by atoms with Gasteiger partial charge in [0.25, 0.3) is 5.89 Å². The number of methoxy groups -OCH3 is 1. The molecule has 0 spiro atoms. The highest BCUT2D eigenvalue weighted by Gasteiger charge is 2.12. The van der Waals surface area contributed by atoms with Crippen molar-refractivity contribution in [2.24, 2.45) is 0 Å². The van der Waals surface area contributed by atoms with Gasteiger partial charge < -0.3 is 14.0 Å². The molecular weight excluding hydrogens is 373 g/mol. The summed E-state index contributed by atoms with van der Waals surface area (Å²) in [6.45, 7) is -0.0829. The normalized spacial score (nSPS) is 11.1. The third kappa shape index (κ3) is 4.43. The summed E-state index contributed by atoms with van der Waals surface area (Å²) in [4.78, 5) is 4.21. The first-order chi connectivity index (χ1) is 13.1. The van der Waals surface area contributed by atoms with Crippen LogP contribution < -0.4 is 9.47 Å². The van der Waals surface area contributed by atoms with E-state index >= 15 is 0 Å². The van der Waals surface area contributed by atoms with Crippen LogP contribution in [0.5, 0.6) is 11.5 Å². The maximum Gasteiger partial charge on any atom is 0.269 e. The number of ether oxygens (including phenoxy) is 2. The maximum atomic E-state index is 13.0. The van der Waals surface area contributed by atoms with Gasteiger partial charge >= 0.3 is 0 Å². The minimum absolute atomic E-state index is 0.0829. The number of halogens is 2. The Bertz CT molecular complexity index is 1010. The van der Waals surface area contributed by atoms with Crippen LogP contribution in [0, 0.1) is 17.1 Å². The molecule has 3 aromatic rings. The molecule has 0 aliphatic carbocycles. The molecule has 0 saturated carbocycles. The topological polar surface area (TPSA) is 81.2 Å². The summed E-state index contributed by atoms with van der Waals surface area (Å²) in [7, 11) is 1.50. The third-order valence-electron chi connectivity index (χ3n) is 3.51. The second kappa shape index (κ2) is 8.34. The summed E-state index contributed by atoms with van der Waals surface area (Å²) in [6, 6.07) is 12.7. The van der Waals surface area contributed by atoms with Crippen LogP contribution in [0.3, 0.4) is 0 Å². The van der Waals surface area contributed by atoms with Crippen LogP contribution in [0.2, 0.25) is 0 Å². The highest BCUT2D eigenvalue weighted by Crippen LogP contribution is 2.30. The van der Waals surface area contributed by atoms with Crippen molar-refractivity contribution in [2.75, 3.05) is 13.7 Å². The van der Waals surface area contributed by atoms with Crippen molar-refractivity contribution in [1.29, 1.82) is 5.26 Å². The van der Waals surface area contributed by atoms with Gasteiger partial charge in [0.05, 0.1) is 7.11 Å². The molecule has 0 saturated heterocycles. The lowest BCUT2D eigenvalue weighted by atomic mass is 10.2. The lowest BCUT2D eigenvalue weighted by molar-refractivity contribution is 0.329. The second-order valence-corrected chi connectivity index (χ2v) is 5.69. The molecule has 27 heavy (non-hydrogen) atoms. The molecule has 136 valence electrons. The van der Waals surface area contributed by atoms with Gasteiger partial charge in [-0.05, 0) is 48.0 Å². The maximum absolute atomic E-state index is 13.0. The van der Waals surface area contributed by atoms with Gasteiger partial charge in [-0.25, -0.2) is 4.39 Å². The molecule has 0 radical (unpaired) electrons. The predicted octanol–water partition coefficient (Wildman–Crippen LogP) is 4.52. The van der Waals surface area contributed by atoms with Gasteiger partial charge in [0.1, 0.15) is 16.9 Å². The fraction of sp³-hybridized carbons (Fsp3) is 0.105. The fourth-order valence-corrected chi connectivity index (χ4v) is 2.45. The molecule has 0 atom stereocenters. The zero-order chi connectivity index (χ0) is 19.2. The van der Waals surface area contributed by atoms with E-state index in [4.69, 9.17) is 30.9 Å². The van der Waals surface area contributed by atoms with Crippen LogP contribution >= 0.6 is 11.6 Å². The molecule has 3 rings (SSSR count). The van der Waals surface area contributed by atoms with E-state index in [2.05, 4.69) is 10.1 Å². The Hall–Kier alpha value is -3.37. The molecule has 8 heteroatoms. The number of rotatable bonds is 6. The lowest BCUT2D eigenvalue weighted by Crippen LogP contribution is -1.96. The van der Waals surface area contributed by atoms with E-state index in [9.17, 15) is 4.39 Å². The minimum atomic E-state index is -0.350. The highest BCUT2D eigenvalue weighted by atomic mass is 35.5. The van der Waals surface area contributed by atoms with Gasteiger partial charge in [0.15, 0.2) is 18.1 Å².